The van der Waals surface area contributed by atoms with Gasteiger partial charge >= 0.3 is 0 Å². The summed E-state index contributed by atoms with van der Waals surface area (Å²) in [7, 11) is 1.57. The molecule has 5 heteroatoms. The Morgan fingerprint density at radius 1 is 1.14 bits per heavy atom. The fourth-order valence-corrected chi connectivity index (χ4v) is 2.18. The molecule has 0 heterocycles. The van der Waals surface area contributed by atoms with Crippen LogP contribution in [-0.2, 0) is 0 Å². The molecule has 2 aromatic rings. The van der Waals surface area contributed by atoms with Crippen molar-refractivity contribution in [1.29, 1.82) is 0 Å². The van der Waals surface area contributed by atoms with Crippen LogP contribution in [0.5, 0.6) is 11.5 Å². The van der Waals surface area contributed by atoms with E-state index < -0.39 is 0 Å². The summed E-state index contributed by atoms with van der Waals surface area (Å²) in [5, 5.41) is 2.85. The molecule has 0 fully saturated rings. The van der Waals surface area contributed by atoms with E-state index in [1.807, 2.05) is 31.2 Å². The lowest BCUT2D eigenvalue weighted by atomic mass is 10.2. The highest BCUT2D eigenvalue weighted by atomic mass is 127. The van der Waals surface area contributed by atoms with Crippen molar-refractivity contribution >= 4 is 34.2 Å². The van der Waals surface area contributed by atoms with E-state index in [9.17, 15) is 4.79 Å². The molecule has 1 amide bonds. The lowest BCUT2D eigenvalue weighted by molar-refractivity contribution is 0.102. The van der Waals surface area contributed by atoms with E-state index >= 15 is 0 Å². The molecule has 2 aromatic carbocycles. The van der Waals surface area contributed by atoms with E-state index in [0.717, 1.165) is 9.26 Å². The molecule has 0 aromatic heterocycles. The highest BCUT2D eigenvalue weighted by molar-refractivity contribution is 14.1. The Kier molecular flexibility index (Phi) is 5.44. The molecule has 21 heavy (non-hydrogen) atoms. The first-order valence-corrected chi connectivity index (χ1v) is 7.59. The van der Waals surface area contributed by atoms with Crippen LogP contribution in [0.1, 0.15) is 17.3 Å². The third-order valence-electron chi connectivity index (χ3n) is 2.83. The Morgan fingerprint density at radius 3 is 2.48 bits per heavy atom. The monoisotopic (exact) mass is 397 g/mol. The SMILES string of the molecule is CCOc1cc(C(=O)Nc2ccc(I)cc2)ccc1OC. The largest absolute Gasteiger partial charge is 0.493 e. The topological polar surface area (TPSA) is 47.6 Å². The fourth-order valence-electron chi connectivity index (χ4n) is 1.82. The lowest BCUT2D eigenvalue weighted by Gasteiger charge is -2.11. The van der Waals surface area contributed by atoms with Gasteiger partial charge in [0.2, 0.25) is 0 Å². The summed E-state index contributed by atoms with van der Waals surface area (Å²) in [4.78, 5) is 12.2. The molecule has 4 nitrogen and oxygen atoms in total. The number of benzene rings is 2. The maximum Gasteiger partial charge on any atom is 0.255 e. The zero-order valence-electron chi connectivity index (χ0n) is 11.9. The molecule has 0 aliphatic carbocycles. The first-order chi connectivity index (χ1) is 10.1. The molecule has 0 unspecified atom stereocenters. The van der Waals surface area contributed by atoms with E-state index in [0.29, 0.717) is 23.7 Å². The number of methoxy groups -OCH3 is 1. The minimum absolute atomic E-state index is 0.181. The van der Waals surface area contributed by atoms with Crippen LogP contribution < -0.4 is 14.8 Å². The minimum atomic E-state index is -0.181. The zero-order chi connectivity index (χ0) is 15.2. The van der Waals surface area contributed by atoms with Gasteiger partial charge in [-0.05, 0) is 72.0 Å². The van der Waals surface area contributed by atoms with Crippen molar-refractivity contribution in [3.8, 4) is 11.5 Å². The second-order valence-corrected chi connectivity index (χ2v) is 5.51. The summed E-state index contributed by atoms with van der Waals surface area (Å²) in [6.45, 7) is 2.40. The van der Waals surface area contributed by atoms with Gasteiger partial charge in [0.1, 0.15) is 0 Å². The van der Waals surface area contributed by atoms with Crippen molar-refractivity contribution in [2.24, 2.45) is 0 Å². The number of halogens is 1. The van der Waals surface area contributed by atoms with E-state index in [-0.39, 0.29) is 5.91 Å². The smallest absolute Gasteiger partial charge is 0.255 e. The quantitative estimate of drug-likeness (QED) is 0.778. The summed E-state index contributed by atoms with van der Waals surface area (Å²) in [5.41, 5.74) is 1.28. The van der Waals surface area contributed by atoms with E-state index in [1.165, 1.54) is 0 Å². The maximum absolute atomic E-state index is 12.2. The minimum Gasteiger partial charge on any atom is -0.493 e. The van der Waals surface area contributed by atoms with Gasteiger partial charge in [-0.1, -0.05) is 0 Å². The molecule has 0 bridgehead atoms. The molecule has 2 rings (SSSR count). The first kappa shape index (κ1) is 15.6. The number of rotatable bonds is 5. The molecule has 0 spiro atoms. The molecule has 0 saturated carbocycles. The highest BCUT2D eigenvalue weighted by Gasteiger charge is 2.11. The molecule has 0 atom stereocenters. The Labute approximate surface area is 137 Å². The number of amides is 1. The summed E-state index contributed by atoms with van der Waals surface area (Å²) in [6, 6.07) is 12.7. The van der Waals surface area contributed by atoms with Gasteiger partial charge in [-0.3, -0.25) is 4.79 Å². The van der Waals surface area contributed by atoms with Gasteiger partial charge in [0, 0.05) is 14.8 Å². The predicted molar refractivity (Wildman–Crippen MR) is 91.3 cm³/mol. The van der Waals surface area contributed by atoms with Gasteiger partial charge in [0.15, 0.2) is 11.5 Å². The second kappa shape index (κ2) is 7.31. The third kappa shape index (κ3) is 4.10. The summed E-state index contributed by atoms with van der Waals surface area (Å²) < 4.78 is 11.8. The van der Waals surface area contributed by atoms with Gasteiger partial charge in [-0.25, -0.2) is 0 Å². The number of hydrogen-bond acceptors (Lipinski definition) is 3. The number of carbonyl (C=O) groups excluding carboxylic acids is 1. The fraction of sp³-hybridized carbons (Fsp3) is 0.188. The number of anilines is 1. The van der Waals surface area contributed by atoms with Crippen molar-refractivity contribution in [2.75, 3.05) is 19.0 Å². The molecule has 0 aliphatic rings. The van der Waals surface area contributed by atoms with Crippen molar-refractivity contribution in [3.05, 3.63) is 51.6 Å². The van der Waals surface area contributed by atoms with Crippen LogP contribution in [0.25, 0.3) is 0 Å². The Bertz CT molecular complexity index is 626. The number of ether oxygens (including phenoxy) is 2. The van der Waals surface area contributed by atoms with Crippen LogP contribution in [0.15, 0.2) is 42.5 Å². The van der Waals surface area contributed by atoms with E-state index in [4.69, 9.17) is 9.47 Å². The molecule has 0 saturated heterocycles. The standard InChI is InChI=1S/C16H16INO3/c1-3-21-15-10-11(4-9-14(15)20-2)16(19)18-13-7-5-12(17)6-8-13/h4-10H,3H2,1-2H3,(H,18,19). The molecule has 110 valence electrons. The van der Waals surface area contributed by atoms with Crippen molar-refractivity contribution < 1.29 is 14.3 Å². The maximum atomic E-state index is 12.2. The molecule has 0 aliphatic heterocycles. The number of nitrogens with one attached hydrogen (secondary N) is 1. The van der Waals surface area contributed by atoms with Crippen LogP contribution in [0.3, 0.4) is 0 Å². The van der Waals surface area contributed by atoms with Crippen LogP contribution in [0.2, 0.25) is 0 Å². The average Bonchev–Trinajstić information content (AvgIpc) is 2.50. The van der Waals surface area contributed by atoms with Gasteiger partial charge in [0.25, 0.3) is 5.91 Å². The van der Waals surface area contributed by atoms with E-state index in [2.05, 4.69) is 27.9 Å². The molecule has 0 radical (unpaired) electrons. The summed E-state index contributed by atoms with van der Waals surface area (Å²) in [5.74, 6) is 0.998. The normalized spacial score (nSPS) is 10.0. The van der Waals surface area contributed by atoms with Crippen LogP contribution >= 0.6 is 22.6 Å². The second-order valence-electron chi connectivity index (χ2n) is 4.26. The predicted octanol–water partition coefficient (Wildman–Crippen LogP) is 3.95. The van der Waals surface area contributed by atoms with Crippen molar-refractivity contribution in [1.82, 2.24) is 0 Å². The van der Waals surface area contributed by atoms with Crippen LogP contribution in [-0.4, -0.2) is 19.6 Å². The molecular weight excluding hydrogens is 381 g/mol. The van der Waals surface area contributed by atoms with Crippen molar-refractivity contribution in [3.63, 3.8) is 0 Å². The average molecular weight is 397 g/mol. The summed E-state index contributed by atoms with van der Waals surface area (Å²) >= 11 is 2.22. The Balaban J connectivity index is 2.18. The molecular formula is C16H16INO3. The van der Waals surface area contributed by atoms with Gasteiger partial charge in [-0.2, -0.15) is 0 Å². The molecule has 1 N–H and O–H groups in total. The zero-order valence-corrected chi connectivity index (χ0v) is 14.0. The van der Waals surface area contributed by atoms with Crippen LogP contribution in [0.4, 0.5) is 5.69 Å². The van der Waals surface area contributed by atoms with Gasteiger partial charge in [0.05, 0.1) is 13.7 Å². The van der Waals surface area contributed by atoms with Crippen molar-refractivity contribution in [2.45, 2.75) is 6.92 Å². The third-order valence-corrected chi connectivity index (χ3v) is 3.55. The van der Waals surface area contributed by atoms with Gasteiger partial charge in [-0.15, -0.1) is 0 Å². The number of hydrogen-bond donors (Lipinski definition) is 1. The first-order valence-electron chi connectivity index (χ1n) is 6.51. The number of carbonyl (C=O) groups is 1. The lowest BCUT2D eigenvalue weighted by Crippen LogP contribution is -2.12. The van der Waals surface area contributed by atoms with E-state index in [1.54, 1.807) is 25.3 Å². The Hall–Kier alpha value is -1.76. The summed E-state index contributed by atoms with van der Waals surface area (Å²) in [6.07, 6.45) is 0. The van der Waals surface area contributed by atoms with Crippen LogP contribution in [0, 0.1) is 3.57 Å². The van der Waals surface area contributed by atoms with Gasteiger partial charge < -0.3 is 14.8 Å². The Morgan fingerprint density at radius 2 is 1.86 bits per heavy atom. The highest BCUT2D eigenvalue weighted by Crippen LogP contribution is 2.28.